The first-order valence-corrected chi connectivity index (χ1v) is 8.18. The van der Waals surface area contributed by atoms with Crippen LogP contribution in [0.4, 0.5) is 11.4 Å². The minimum absolute atomic E-state index is 0.00303. The zero-order chi connectivity index (χ0) is 20.6. The Balaban J connectivity index is 2.10. The number of nitro groups is 1. The molecule has 0 bridgehead atoms. The summed E-state index contributed by atoms with van der Waals surface area (Å²) in [5.74, 6) is -4.69. The van der Waals surface area contributed by atoms with E-state index in [9.17, 15) is 29.3 Å². The Hall–Kier alpha value is -3.88. The van der Waals surface area contributed by atoms with Gasteiger partial charge in [0.15, 0.2) is 0 Å². The highest BCUT2D eigenvalue weighted by atomic mass is 16.6. The number of non-ortho nitro benzene ring substituents is 1. The van der Waals surface area contributed by atoms with E-state index in [1.807, 2.05) is 0 Å². The number of hydrogen-bond donors (Lipinski definition) is 1. The predicted octanol–water partition coefficient (Wildman–Crippen LogP) is 2.16. The van der Waals surface area contributed by atoms with Crippen molar-refractivity contribution < 1.29 is 29.2 Å². The molecule has 2 aromatic carbocycles. The Morgan fingerprint density at radius 3 is 2.07 bits per heavy atom. The number of ketones is 2. The number of benzene rings is 2. The largest absolute Gasteiger partial charge is 0.478 e. The number of Topliss-reactive ketones (excluding diaryl/α,β-unsaturated/α-hetero) is 2. The molecule has 1 amide bonds. The molecule has 0 radical (unpaired) electrons. The molecule has 9 heteroatoms. The number of nitrogens with zero attached hydrogens (tertiary/aromatic N) is 2. The number of rotatable bonds is 5. The standard InChI is InChI=1S/C19H14N2O7/c1-10(22)15-16(11-2-8-14(9-3-11)21(27)28)20(18(24)17(15)23)13-6-4-12(5-7-13)19(25)26/h2-9,15-16H,1H3,(H,25,26). The molecule has 9 nitrogen and oxygen atoms in total. The predicted molar refractivity (Wildman–Crippen MR) is 95.9 cm³/mol. The third-order valence-electron chi connectivity index (χ3n) is 4.58. The van der Waals surface area contributed by atoms with Gasteiger partial charge in [-0.1, -0.05) is 12.1 Å². The maximum absolute atomic E-state index is 12.6. The maximum atomic E-state index is 12.6. The molecule has 28 heavy (non-hydrogen) atoms. The van der Waals surface area contributed by atoms with Gasteiger partial charge in [0.05, 0.1) is 16.5 Å². The van der Waals surface area contributed by atoms with Crippen LogP contribution in [0.5, 0.6) is 0 Å². The van der Waals surface area contributed by atoms with Crippen molar-refractivity contribution in [2.75, 3.05) is 4.90 Å². The van der Waals surface area contributed by atoms with Gasteiger partial charge >= 0.3 is 5.97 Å². The van der Waals surface area contributed by atoms with Crippen LogP contribution in [-0.2, 0) is 14.4 Å². The molecule has 2 aromatic rings. The van der Waals surface area contributed by atoms with E-state index in [-0.39, 0.29) is 16.9 Å². The first-order chi connectivity index (χ1) is 13.2. The van der Waals surface area contributed by atoms with E-state index in [0.717, 1.165) is 4.90 Å². The van der Waals surface area contributed by atoms with Crippen LogP contribution in [0.15, 0.2) is 48.5 Å². The lowest BCUT2D eigenvalue weighted by Gasteiger charge is -2.27. The highest BCUT2D eigenvalue weighted by Crippen LogP contribution is 2.40. The van der Waals surface area contributed by atoms with Crippen LogP contribution in [0.3, 0.4) is 0 Å². The molecule has 2 unspecified atom stereocenters. The Bertz CT molecular complexity index is 996. The number of carbonyl (C=O) groups is 4. The van der Waals surface area contributed by atoms with Gasteiger partial charge < -0.3 is 5.11 Å². The van der Waals surface area contributed by atoms with Gasteiger partial charge in [-0.05, 0) is 36.8 Å². The van der Waals surface area contributed by atoms with E-state index >= 15 is 0 Å². The molecule has 1 heterocycles. The van der Waals surface area contributed by atoms with E-state index in [2.05, 4.69) is 0 Å². The average molecular weight is 382 g/mol. The van der Waals surface area contributed by atoms with Gasteiger partial charge in [0.2, 0.25) is 5.78 Å². The summed E-state index contributed by atoms with van der Waals surface area (Å²) in [7, 11) is 0. The summed E-state index contributed by atoms with van der Waals surface area (Å²) in [5, 5.41) is 19.9. The Kier molecular flexibility index (Phi) is 4.74. The third-order valence-corrected chi connectivity index (χ3v) is 4.58. The van der Waals surface area contributed by atoms with Crippen molar-refractivity contribution in [1.29, 1.82) is 0 Å². The van der Waals surface area contributed by atoms with Crippen molar-refractivity contribution in [2.45, 2.75) is 13.0 Å². The fraction of sp³-hybridized carbons (Fsp3) is 0.158. The number of hydrogen-bond acceptors (Lipinski definition) is 6. The second kappa shape index (κ2) is 7.03. The molecule has 0 aliphatic carbocycles. The van der Waals surface area contributed by atoms with Crippen molar-refractivity contribution in [2.24, 2.45) is 5.92 Å². The zero-order valence-corrected chi connectivity index (χ0v) is 14.6. The zero-order valence-electron chi connectivity index (χ0n) is 14.6. The molecule has 0 saturated carbocycles. The normalized spacial score (nSPS) is 19.0. The molecule has 3 rings (SSSR count). The minimum atomic E-state index is -1.26. The van der Waals surface area contributed by atoms with E-state index in [4.69, 9.17) is 5.11 Å². The second-order valence-corrected chi connectivity index (χ2v) is 6.27. The lowest BCUT2D eigenvalue weighted by molar-refractivity contribution is -0.384. The summed E-state index contributed by atoms with van der Waals surface area (Å²) < 4.78 is 0. The third kappa shape index (κ3) is 3.13. The second-order valence-electron chi connectivity index (χ2n) is 6.27. The summed E-state index contributed by atoms with van der Waals surface area (Å²) in [6, 6.07) is 9.57. The van der Waals surface area contributed by atoms with Crippen molar-refractivity contribution >= 4 is 34.8 Å². The lowest BCUT2D eigenvalue weighted by atomic mass is 9.89. The number of carboxylic acid groups (broad SMARTS) is 1. The number of nitro benzene ring substituents is 1. The van der Waals surface area contributed by atoms with Crippen LogP contribution in [0.1, 0.15) is 28.9 Å². The topological polar surface area (TPSA) is 135 Å². The molecule has 0 spiro atoms. The highest BCUT2D eigenvalue weighted by Gasteiger charge is 2.51. The van der Waals surface area contributed by atoms with E-state index in [0.29, 0.717) is 5.56 Å². The van der Waals surface area contributed by atoms with Gasteiger partial charge in [-0.25, -0.2) is 4.79 Å². The molecule has 142 valence electrons. The number of carboxylic acids is 1. The summed E-state index contributed by atoms with van der Waals surface area (Å²) in [6.07, 6.45) is 0. The molecular weight excluding hydrogens is 368 g/mol. The Labute approximate surface area is 158 Å². The molecule has 2 atom stereocenters. The van der Waals surface area contributed by atoms with Gasteiger partial charge in [-0.15, -0.1) is 0 Å². The van der Waals surface area contributed by atoms with Crippen LogP contribution >= 0.6 is 0 Å². The van der Waals surface area contributed by atoms with Gasteiger partial charge in [0.25, 0.3) is 11.6 Å². The molecule has 1 aliphatic rings. The highest BCUT2D eigenvalue weighted by molar-refractivity contribution is 6.48. The lowest BCUT2D eigenvalue weighted by Crippen LogP contribution is -2.30. The number of aromatic carboxylic acids is 1. The molecule has 1 fully saturated rings. The molecule has 0 aromatic heterocycles. The van der Waals surface area contributed by atoms with E-state index < -0.39 is 40.3 Å². The molecule has 1 saturated heterocycles. The number of anilines is 1. The first-order valence-electron chi connectivity index (χ1n) is 8.18. The van der Waals surface area contributed by atoms with Gasteiger partial charge in [0.1, 0.15) is 11.7 Å². The fourth-order valence-electron chi connectivity index (χ4n) is 3.25. The van der Waals surface area contributed by atoms with E-state index in [1.54, 1.807) is 0 Å². The maximum Gasteiger partial charge on any atom is 0.335 e. The van der Waals surface area contributed by atoms with Crippen molar-refractivity contribution in [3.8, 4) is 0 Å². The summed E-state index contributed by atoms with van der Waals surface area (Å²) in [5.41, 5.74) is 0.454. The van der Waals surface area contributed by atoms with Gasteiger partial charge in [-0.2, -0.15) is 0 Å². The quantitative estimate of drug-likeness (QED) is 0.362. The van der Waals surface area contributed by atoms with E-state index in [1.165, 1.54) is 55.5 Å². The molecular formula is C19H14N2O7. The van der Waals surface area contributed by atoms with Crippen molar-refractivity contribution in [3.05, 3.63) is 69.8 Å². The Morgan fingerprint density at radius 2 is 1.61 bits per heavy atom. The van der Waals surface area contributed by atoms with Gasteiger partial charge in [0, 0.05) is 17.8 Å². The first kappa shape index (κ1) is 18.9. The van der Waals surface area contributed by atoms with Crippen LogP contribution in [0.25, 0.3) is 0 Å². The fourth-order valence-corrected chi connectivity index (χ4v) is 3.25. The number of amides is 1. The number of carbonyl (C=O) groups excluding carboxylic acids is 3. The molecule has 1 N–H and O–H groups in total. The van der Waals surface area contributed by atoms with Crippen molar-refractivity contribution in [1.82, 2.24) is 0 Å². The van der Waals surface area contributed by atoms with Crippen LogP contribution < -0.4 is 4.90 Å². The SMILES string of the molecule is CC(=O)C1C(=O)C(=O)N(c2ccc(C(=O)O)cc2)C1c1ccc([N+](=O)[O-])cc1. The molecule has 1 aliphatic heterocycles. The summed E-state index contributed by atoms with van der Waals surface area (Å²) in [6.45, 7) is 1.20. The minimum Gasteiger partial charge on any atom is -0.478 e. The smallest absolute Gasteiger partial charge is 0.335 e. The summed E-state index contributed by atoms with van der Waals surface area (Å²) >= 11 is 0. The summed E-state index contributed by atoms with van der Waals surface area (Å²) in [4.78, 5) is 59.6. The van der Waals surface area contributed by atoms with Crippen LogP contribution in [-0.4, -0.2) is 33.5 Å². The van der Waals surface area contributed by atoms with Crippen LogP contribution in [0.2, 0.25) is 0 Å². The van der Waals surface area contributed by atoms with Gasteiger partial charge in [-0.3, -0.25) is 29.4 Å². The van der Waals surface area contributed by atoms with Crippen molar-refractivity contribution in [3.63, 3.8) is 0 Å². The van der Waals surface area contributed by atoms with Crippen LogP contribution in [0, 0.1) is 16.0 Å². The monoisotopic (exact) mass is 382 g/mol. The Morgan fingerprint density at radius 1 is 1.04 bits per heavy atom. The average Bonchev–Trinajstić information content (AvgIpc) is 2.93.